The average Bonchev–Trinajstić information content (AvgIpc) is 1.90. The van der Waals surface area contributed by atoms with E-state index in [1.165, 1.54) is 11.9 Å². The van der Waals surface area contributed by atoms with E-state index in [0.717, 1.165) is 4.90 Å². The number of hydrogen-bond acceptors (Lipinski definition) is 2. The number of benzene rings is 1. The average molecular weight is 124 g/mol. The number of hydrogen-bond donors (Lipinski definition) is 1. The molecule has 2 heteroatoms. The normalized spacial score (nSPS) is 9.12. The highest BCUT2D eigenvalue weighted by atomic mass is 32.2. The molecule has 1 aromatic rings. The maximum Gasteiger partial charge on any atom is 0.0304 e. The first-order valence-electron chi connectivity index (χ1n) is 2.27. The van der Waals surface area contributed by atoms with Gasteiger partial charge in [-0.05, 0) is 24.1 Å². The Kier molecular flexibility index (Phi) is 1.94. The molecule has 2 N–H and O–H groups in total. The van der Waals surface area contributed by atoms with Crippen molar-refractivity contribution >= 4 is 11.9 Å². The second-order valence-electron chi connectivity index (χ2n) is 1.34. The van der Waals surface area contributed by atoms with Gasteiger partial charge in [0.1, 0.15) is 0 Å². The van der Waals surface area contributed by atoms with E-state index in [9.17, 15) is 0 Å². The molecule has 1 radical (unpaired) electrons. The third-order valence-corrected chi connectivity index (χ3v) is 1.32. The standard InChI is InChI=1S/C6H6NS/c7-8-6-4-2-1-3-5-6/h1-4H,7H2. The molecule has 0 fully saturated rings. The molecular formula is C6H6NS. The van der Waals surface area contributed by atoms with E-state index in [1.807, 2.05) is 24.3 Å². The topological polar surface area (TPSA) is 26.0 Å². The van der Waals surface area contributed by atoms with Gasteiger partial charge in [-0.15, -0.1) is 0 Å². The third kappa shape index (κ3) is 1.25. The fraction of sp³-hybridized carbons (Fsp3) is 0. The van der Waals surface area contributed by atoms with Gasteiger partial charge in [-0.25, -0.2) is 0 Å². The van der Waals surface area contributed by atoms with Crippen molar-refractivity contribution < 1.29 is 0 Å². The largest absolute Gasteiger partial charge is 0.274 e. The first-order chi connectivity index (χ1) is 3.93. The van der Waals surface area contributed by atoms with Gasteiger partial charge in [0.15, 0.2) is 0 Å². The molecule has 1 nitrogen and oxygen atoms in total. The van der Waals surface area contributed by atoms with Crippen LogP contribution in [0.3, 0.4) is 0 Å². The summed E-state index contributed by atoms with van der Waals surface area (Å²) in [5.74, 6) is 0. The Morgan fingerprint density at radius 2 is 2.38 bits per heavy atom. The second kappa shape index (κ2) is 2.74. The van der Waals surface area contributed by atoms with Crippen LogP contribution in [0, 0.1) is 6.07 Å². The van der Waals surface area contributed by atoms with Crippen molar-refractivity contribution in [1.29, 1.82) is 0 Å². The quantitative estimate of drug-likeness (QED) is 0.573. The molecule has 0 aromatic heterocycles. The Morgan fingerprint density at radius 1 is 1.50 bits per heavy atom. The minimum absolute atomic E-state index is 0.979. The molecule has 0 amide bonds. The molecule has 1 aromatic carbocycles. The fourth-order valence-electron chi connectivity index (χ4n) is 0.450. The van der Waals surface area contributed by atoms with Crippen LogP contribution in [0.2, 0.25) is 0 Å². The van der Waals surface area contributed by atoms with Gasteiger partial charge in [0, 0.05) is 4.90 Å². The van der Waals surface area contributed by atoms with Crippen molar-refractivity contribution in [3.63, 3.8) is 0 Å². The van der Waals surface area contributed by atoms with Crippen LogP contribution in [0.1, 0.15) is 0 Å². The highest BCUT2D eigenvalue weighted by Gasteiger charge is 1.82. The van der Waals surface area contributed by atoms with Crippen LogP contribution in [0.25, 0.3) is 0 Å². The summed E-state index contributed by atoms with van der Waals surface area (Å²) < 4.78 is 0. The highest BCUT2D eigenvalue weighted by molar-refractivity contribution is 7.97. The van der Waals surface area contributed by atoms with E-state index in [-0.39, 0.29) is 0 Å². The maximum atomic E-state index is 5.24. The molecular weight excluding hydrogens is 118 g/mol. The monoisotopic (exact) mass is 124 g/mol. The first-order valence-corrected chi connectivity index (χ1v) is 3.15. The van der Waals surface area contributed by atoms with Gasteiger partial charge in [0.2, 0.25) is 0 Å². The molecule has 41 valence electrons. The smallest absolute Gasteiger partial charge is 0.0304 e. The minimum atomic E-state index is 0.979. The van der Waals surface area contributed by atoms with Crippen LogP contribution >= 0.6 is 11.9 Å². The molecule has 0 spiro atoms. The van der Waals surface area contributed by atoms with Crippen molar-refractivity contribution in [1.82, 2.24) is 0 Å². The zero-order valence-corrected chi connectivity index (χ0v) is 5.11. The lowest BCUT2D eigenvalue weighted by molar-refractivity contribution is 1.44. The predicted molar refractivity (Wildman–Crippen MR) is 35.3 cm³/mol. The molecule has 0 aliphatic heterocycles. The summed E-state index contributed by atoms with van der Waals surface area (Å²) >= 11 is 1.21. The lowest BCUT2D eigenvalue weighted by Crippen LogP contribution is -1.76. The number of nitrogens with two attached hydrogens (primary N) is 1. The summed E-state index contributed by atoms with van der Waals surface area (Å²) in [5, 5.41) is 5.24. The van der Waals surface area contributed by atoms with Gasteiger partial charge in [-0.2, -0.15) is 0 Å². The lowest BCUT2D eigenvalue weighted by Gasteiger charge is -1.88. The van der Waals surface area contributed by atoms with Crippen LogP contribution in [0.5, 0.6) is 0 Å². The SMILES string of the molecule is NSc1[c]cccc1. The van der Waals surface area contributed by atoms with E-state index < -0.39 is 0 Å². The van der Waals surface area contributed by atoms with Crippen LogP contribution < -0.4 is 5.14 Å². The molecule has 0 unspecified atom stereocenters. The summed E-state index contributed by atoms with van der Waals surface area (Å²) in [5.41, 5.74) is 0. The van der Waals surface area contributed by atoms with Crippen LogP contribution in [0.15, 0.2) is 29.2 Å². The van der Waals surface area contributed by atoms with E-state index in [2.05, 4.69) is 6.07 Å². The van der Waals surface area contributed by atoms with Gasteiger partial charge < -0.3 is 0 Å². The van der Waals surface area contributed by atoms with Gasteiger partial charge in [-0.3, -0.25) is 5.14 Å². The van der Waals surface area contributed by atoms with E-state index >= 15 is 0 Å². The molecule has 0 saturated heterocycles. The Morgan fingerprint density at radius 3 is 2.75 bits per heavy atom. The highest BCUT2D eigenvalue weighted by Crippen LogP contribution is 2.07. The lowest BCUT2D eigenvalue weighted by atomic mass is 10.4. The second-order valence-corrected chi connectivity index (χ2v) is 2.02. The molecule has 1 rings (SSSR count). The van der Waals surface area contributed by atoms with Crippen molar-refractivity contribution in [2.75, 3.05) is 0 Å². The van der Waals surface area contributed by atoms with Gasteiger partial charge >= 0.3 is 0 Å². The fourth-order valence-corrected chi connectivity index (χ4v) is 0.743. The molecule has 0 bridgehead atoms. The maximum absolute atomic E-state index is 5.24. The van der Waals surface area contributed by atoms with Crippen molar-refractivity contribution in [2.45, 2.75) is 4.90 Å². The van der Waals surface area contributed by atoms with Gasteiger partial charge in [-0.1, -0.05) is 18.2 Å². The van der Waals surface area contributed by atoms with Crippen molar-refractivity contribution in [3.8, 4) is 0 Å². The van der Waals surface area contributed by atoms with E-state index in [1.54, 1.807) is 0 Å². The Bertz CT molecular complexity index is 150. The van der Waals surface area contributed by atoms with Crippen LogP contribution in [-0.2, 0) is 0 Å². The number of rotatable bonds is 1. The first kappa shape index (κ1) is 5.66. The summed E-state index contributed by atoms with van der Waals surface area (Å²) in [6.07, 6.45) is 0. The summed E-state index contributed by atoms with van der Waals surface area (Å²) in [7, 11) is 0. The Balaban J connectivity index is 2.83. The summed E-state index contributed by atoms with van der Waals surface area (Å²) in [6, 6.07) is 10.6. The molecule has 0 atom stereocenters. The van der Waals surface area contributed by atoms with E-state index in [4.69, 9.17) is 5.14 Å². The zero-order valence-electron chi connectivity index (χ0n) is 4.29. The summed E-state index contributed by atoms with van der Waals surface area (Å²) in [4.78, 5) is 0.979. The Hall–Kier alpha value is -0.470. The van der Waals surface area contributed by atoms with Crippen LogP contribution in [-0.4, -0.2) is 0 Å². The van der Waals surface area contributed by atoms with Crippen LogP contribution in [0.4, 0.5) is 0 Å². The molecule has 0 heterocycles. The Labute approximate surface area is 53.0 Å². The molecule has 0 aliphatic rings. The van der Waals surface area contributed by atoms with Gasteiger partial charge in [0.25, 0.3) is 0 Å². The predicted octanol–water partition coefficient (Wildman–Crippen LogP) is 1.45. The molecule has 0 saturated carbocycles. The van der Waals surface area contributed by atoms with Crippen molar-refractivity contribution in [2.24, 2.45) is 5.14 Å². The van der Waals surface area contributed by atoms with Crippen molar-refractivity contribution in [3.05, 3.63) is 30.3 Å². The zero-order chi connectivity index (χ0) is 5.82. The van der Waals surface area contributed by atoms with E-state index in [0.29, 0.717) is 0 Å². The third-order valence-electron chi connectivity index (χ3n) is 0.807. The molecule has 0 aliphatic carbocycles. The van der Waals surface area contributed by atoms with Gasteiger partial charge in [0.05, 0.1) is 0 Å². The molecule has 8 heavy (non-hydrogen) atoms. The summed E-state index contributed by atoms with van der Waals surface area (Å²) in [6.45, 7) is 0. The minimum Gasteiger partial charge on any atom is -0.274 e.